The molecule has 0 bridgehead atoms. The molecule has 1 aliphatic carbocycles. The summed E-state index contributed by atoms with van der Waals surface area (Å²) in [5.74, 6) is 1.45. The third-order valence-electron chi connectivity index (χ3n) is 6.56. The van der Waals surface area contributed by atoms with Gasteiger partial charge in [-0.3, -0.25) is 14.4 Å². The summed E-state index contributed by atoms with van der Waals surface area (Å²) >= 11 is 0. The van der Waals surface area contributed by atoms with Crippen molar-refractivity contribution in [3.8, 4) is 0 Å². The molecule has 1 fully saturated rings. The highest BCUT2D eigenvalue weighted by Crippen LogP contribution is 2.52. The number of carbonyl (C=O) groups excluding carboxylic acids is 1. The summed E-state index contributed by atoms with van der Waals surface area (Å²) in [6.45, 7) is 2.25. The maximum absolute atomic E-state index is 14.7. The van der Waals surface area contributed by atoms with Crippen LogP contribution < -0.4 is 21.0 Å². The van der Waals surface area contributed by atoms with E-state index in [2.05, 4.69) is 10.4 Å². The number of furan rings is 1. The Balaban J connectivity index is 1.41. The minimum Gasteiger partial charge on any atom is -0.465 e. The van der Waals surface area contributed by atoms with Crippen LogP contribution in [0.3, 0.4) is 0 Å². The Morgan fingerprint density at radius 2 is 1.46 bits per heavy atom. The first-order valence-corrected chi connectivity index (χ1v) is 13.6. The lowest BCUT2D eigenvalue weighted by Crippen LogP contribution is -2.33. The van der Waals surface area contributed by atoms with Crippen LogP contribution in [0.5, 0.6) is 0 Å². The summed E-state index contributed by atoms with van der Waals surface area (Å²) in [5, 5.41) is 8.07. The van der Waals surface area contributed by atoms with Gasteiger partial charge in [0.2, 0.25) is 13.2 Å². The molecule has 5 nitrogen and oxygen atoms in total. The first-order chi connectivity index (χ1) is 17.0. The van der Waals surface area contributed by atoms with Crippen LogP contribution in [0.25, 0.3) is 0 Å². The molecule has 0 spiro atoms. The Kier molecular flexibility index (Phi) is 6.72. The molecule has 178 valence electrons. The molecule has 1 amide bonds. The highest BCUT2D eigenvalue weighted by atomic mass is 31.2. The average Bonchev–Trinajstić information content (AvgIpc) is 3.60. The van der Waals surface area contributed by atoms with Crippen molar-refractivity contribution in [1.82, 2.24) is 10.4 Å². The average molecular weight is 485 g/mol. The molecular weight excluding hydrogens is 455 g/mol. The SMILES string of the molecule is Cc1ccc(CNC(=O)[C@H]2C[C@@H]2[C@H](NP(=O)(c2ccccc2)c2ccccc2)c2ccccc2)o1. The fourth-order valence-corrected chi connectivity index (χ4v) is 7.13. The Labute approximate surface area is 206 Å². The monoisotopic (exact) mass is 484 g/mol. The summed E-state index contributed by atoms with van der Waals surface area (Å²) in [6, 6.07) is 32.7. The van der Waals surface area contributed by atoms with Crippen molar-refractivity contribution in [1.29, 1.82) is 0 Å². The lowest BCUT2D eigenvalue weighted by molar-refractivity contribution is -0.122. The highest BCUT2D eigenvalue weighted by molar-refractivity contribution is 7.76. The van der Waals surface area contributed by atoms with E-state index in [1.807, 2.05) is 110 Å². The van der Waals surface area contributed by atoms with Gasteiger partial charge < -0.3 is 9.73 Å². The molecule has 0 aliphatic heterocycles. The number of nitrogens with one attached hydrogen (secondary N) is 2. The quantitative estimate of drug-likeness (QED) is 0.324. The molecule has 0 unspecified atom stereocenters. The van der Waals surface area contributed by atoms with Gasteiger partial charge in [0.15, 0.2) is 0 Å². The molecule has 1 saturated carbocycles. The van der Waals surface area contributed by atoms with Crippen LogP contribution in [0.4, 0.5) is 0 Å². The van der Waals surface area contributed by atoms with Gasteiger partial charge in [0.05, 0.1) is 6.54 Å². The summed E-state index contributed by atoms with van der Waals surface area (Å²) in [7, 11) is -3.17. The van der Waals surface area contributed by atoms with Crippen LogP contribution in [0.2, 0.25) is 0 Å². The number of benzene rings is 3. The van der Waals surface area contributed by atoms with Gasteiger partial charge in [-0.15, -0.1) is 0 Å². The second-order valence-corrected chi connectivity index (χ2v) is 11.5. The van der Waals surface area contributed by atoms with E-state index < -0.39 is 7.29 Å². The Morgan fingerprint density at radius 3 is 2.00 bits per heavy atom. The fraction of sp³-hybridized carbons (Fsp3) is 0.207. The molecule has 1 aliphatic rings. The predicted octanol–water partition coefficient (Wildman–Crippen LogP) is 5.10. The van der Waals surface area contributed by atoms with E-state index in [0.717, 1.165) is 34.1 Å². The van der Waals surface area contributed by atoms with Gasteiger partial charge in [-0.25, -0.2) is 0 Å². The predicted molar refractivity (Wildman–Crippen MR) is 139 cm³/mol. The van der Waals surface area contributed by atoms with Crippen molar-refractivity contribution in [3.05, 3.63) is 120 Å². The van der Waals surface area contributed by atoms with Gasteiger partial charge in [0, 0.05) is 22.6 Å². The van der Waals surface area contributed by atoms with Gasteiger partial charge in [-0.1, -0.05) is 66.7 Å². The van der Waals surface area contributed by atoms with E-state index in [1.54, 1.807) is 0 Å². The number of rotatable bonds is 9. The normalized spacial score (nSPS) is 18.1. The standard InChI is InChI=1S/C29H29N2O3P/c1-21-17-18-23(34-21)20-30-29(32)27-19-26(27)28(22-11-5-2-6-12-22)31-35(33,24-13-7-3-8-14-24)25-15-9-4-10-16-25/h2-18,26-28H,19-20H2,1H3,(H,30,32)(H,31,33)/t26-,27-,28+/m0/s1. The zero-order chi connectivity index (χ0) is 24.3. The maximum Gasteiger partial charge on any atom is 0.223 e. The van der Waals surface area contributed by atoms with Gasteiger partial charge in [-0.2, -0.15) is 0 Å². The molecule has 1 heterocycles. The molecule has 5 rings (SSSR count). The second kappa shape index (κ2) is 10.1. The van der Waals surface area contributed by atoms with E-state index in [0.29, 0.717) is 6.54 Å². The molecule has 1 aromatic heterocycles. The molecule has 4 aromatic rings. The number of hydrogen-bond donors (Lipinski definition) is 2. The third-order valence-corrected chi connectivity index (χ3v) is 9.25. The molecular formula is C29H29N2O3P. The first kappa shape index (κ1) is 23.3. The number of aryl methyl sites for hydroxylation is 1. The molecule has 3 aromatic carbocycles. The summed E-state index contributed by atoms with van der Waals surface area (Å²) in [6.07, 6.45) is 0.735. The lowest BCUT2D eigenvalue weighted by atomic mass is 10.0. The molecule has 3 atom stereocenters. The zero-order valence-electron chi connectivity index (χ0n) is 19.6. The Bertz CT molecular complexity index is 1280. The summed E-state index contributed by atoms with van der Waals surface area (Å²) in [4.78, 5) is 13.0. The Hall–Kier alpha value is -3.40. The molecule has 2 N–H and O–H groups in total. The van der Waals surface area contributed by atoms with E-state index in [9.17, 15) is 9.36 Å². The van der Waals surface area contributed by atoms with Crippen molar-refractivity contribution in [2.24, 2.45) is 11.8 Å². The van der Waals surface area contributed by atoms with Crippen molar-refractivity contribution < 1.29 is 13.8 Å². The van der Waals surface area contributed by atoms with E-state index in [1.165, 1.54) is 0 Å². The van der Waals surface area contributed by atoms with Crippen molar-refractivity contribution >= 4 is 23.8 Å². The van der Waals surface area contributed by atoms with Crippen LogP contribution in [-0.4, -0.2) is 5.91 Å². The number of amides is 1. The third kappa shape index (κ3) is 5.17. The molecule has 0 saturated heterocycles. The van der Waals surface area contributed by atoms with Crippen molar-refractivity contribution in [2.75, 3.05) is 0 Å². The zero-order valence-corrected chi connectivity index (χ0v) is 20.5. The number of hydrogen-bond acceptors (Lipinski definition) is 3. The summed E-state index contributed by atoms with van der Waals surface area (Å²) < 4.78 is 20.3. The largest absolute Gasteiger partial charge is 0.465 e. The van der Waals surface area contributed by atoms with Crippen LogP contribution in [-0.2, 0) is 15.9 Å². The summed E-state index contributed by atoms with van der Waals surface area (Å²) in [5.41, 5.74) is 1.03. The fourth-order valence-electron chi connectivity index (χ4n) is 4.62. The maximum atomic E-state index is 14.7. The van der Waals surface area contributed by atoms with Crippen LogP contribution in [0.1, 0.15) is 29.5 Å². The topological polar surface area (TPSA) is 71.3 Å². The van der Waals surface area contributed by atoms with Crippen LogP contribution in [0.15, 0.2) is 108 Å². The second-order valence-electron chi connectivity index (χ2n) is 9.03. The highest BCUT2D eigenvalue weighted by Gasteiger charge is 2.50. The first-order valence-electron chi connectivity index (χ1n) is 11.9. The van der Waals surface area contributed by atoms with Gasteiger partial charge in [0.1, 0.15) is 11.5 Å². The van der Waals surface area contributed by atoms with E-state index in [-0.39, 0.29) is 23.8 Å². The minimum atomic E-state index is -3.17. The molecule has 35 heavy (non-hydrogen) atoms. The lowest BCUT2D eigenvalue weighted by Gasteiger charge is -2.28. The Morgan fingerprint density at radius 1 is 0.886 bits per heavy atom. The smallest absolute Gasteiger partial charge is 0.223 e. The van der Waals surface area contributed by atoms with Gasteiger partial charge >= 0.3 is 0 Å². The van der Waals surface area contributed by atoms with Crippen LogP contribution in [0, 0.1) is 18.8 Å². The minimum absolute atomic E-state index is 0.000962. The van der Waals surface area contributed by atoms with Gasteiger partial charge in [0.25, 0.3) is 0 Å². The van der Waals surface area contributed by atoms with E-state index >= 15 is 0 Å². The molecule has 6 heteroatoms. The van der Waals surface area contributed by atoms with Gasteiger partial charge in [-0.05, 0) is 61.2 Å². The number of carbonyl (C=O) groups is 1. The van der Waals surface area contributed by atoms with Crippen LogP contribution >= 0.6 is 7.29 Å². The van der Waals surface area contributed by atoms with Crippen molar-refractivity contribution in [3.63, 3.8) is 0 Å². The molecule has 0 radical (unpaired) electrons. The van der Waals surface area contributed by atoms with Crippen molar-refractivity contribution in [2.45, 2.75) is 25.9 Å². The van der Waals surface area contributed by atoms with E-state index in [4.69, 9.17) is 4.42 Å².